The van der Waals surface area contributed by atoms with E-state index in [1.54, 1.807) is 11.3 Å². The van der Waals surface area contributed by atoms with E-state index in [4.69, 9.17) is 0 Å². The first-order chi connectivity index (χ1) is 13.6. The number of carbonyl (C=O) groups is 2. The maximum Gasteiger partial charge on any atom is 0.322 e. The molecule has 3 heterocycles. The van der Waals surface area contributed by atoms with Gasteiger partial charge in [0.05, 0.1) is 5.92 Å². The summed E-state index contributed by atoms with van der Waals surface area (Å²) >= 11 is 1.61. The van der Waals surface area contributed by atoms with Crippen LogP contribution in [0.15, 0.2) is 47.2 Å². The molecule has 1 aromatic heterocycles. The van der Waals surface area contributed by atoms with Gasteiger partial charge >= 0.3 is 6.03 Å². The van der Waals surface area contributed by atoms with Gasteiger partial charge in [-0.15, -0.1) is 0 Å². The van der Waals surface area contributed by atoms with Crippen molar-refractivity contribution in [1.29, 1.82) is 0 Å². The zero-order valence-corrected chi connectivity index (χ0v) is 16.8. The second-order valence-electron chi connectivity index (χ2n) is 7.56. The molecule has 28 heavy (non-hydrogen) atoms. The van der Waals surface area contributed by atoms with Crippen molar-refractivity contribution in [2.24, 2.45) is 0 Å². The van der Waals surface area contributed by atoms with Gasteiger partial charge in [0.25, 0.3) is 0 Å². The van der Waals surface area contributed by atoms with Crippen LogP contribution < -0.4 is 10.6 Å². The van der Waals surface area contributed by atoms with Gasteiger partial charge in [-0.2, -0.15) is 11.3 Å². The summed E-state index contributed by atoms with van der Waals surface area (Å²) in [6.45, 7) is 4.98. The second kappa shape index (κ2) is 8.32. The number of nitrogens with zero attached hydrogens (tertiary/aromatic N) is 2. The third kappa shape index (κ3) is 4.05. The average molecular weight is 399 g/mol. The van der Waals surface area contributed by atoms with Crippen LogP contribution in [0.25, 0.3) is 0 Å². The molecule has 3 amide bonds. The second-order valence-corrected chi connectivity index (χ2v) is 8.34. The monoisotopic (exact) mass is 398 g/mol. The highest BCUT2D eigenvalue weighted by Gasteiger charge is 2.40. The minimum Gasteiger partial charge on any atom is -0.354 e. The molecule has 1 aromatic carbocycles. The maximum atomic E-state index is 12.8. The Morgan fingerprint density at radius 2 is 2.04 bits per heavy atom. The number of carbonyl (C=O) groups excluding carboxylic acids is 2. The van der Waals surface area contributed by atoms with E-state index in [2.05, 4.69) is 15.5 Å². The first-order valence-electron chi connectivity index (χ1n) is 9.78. The molecule has 2 bridgehead atoms. The molecule has 2 aromatic rings. The van der Waals surface area contributed by atoms with E-state index in [1.807, 2.05) is 59.0 Å². The third-order valence-corrected chi connectivity index (χ3v) is 6.50. The molecule has 7 heteroatoms. The predicted octanol–water partition coefficient (Wildman–Crippen LogP) is 2.96. The van der Waals surface area contributed by atoms with Crippen LogP contribution in [-0.4, -0.2) is 60.0 Å². The standard InChI is InChI=1S/C21H26N4O2S/c1-15(16-8-10-28-14-16)20(26)22-11-19-13-25(18-7-9-24(19)12-18)21(27)23-17-5-3-2-4-6-17/h2-6,8,10,14-15,18-19H,7,9,11-13H2,1H3,(H,22,26)(H,23,27). The Labute approximate surface area is 169 Å². The molecule has 2 fully saturated rings. The number of thiophene rings is 1. The first kappa shape index (κ1) is 19.0. The van der Waals surface area contributed by atoms with E-state index >= 15 is 0 Å². The van der Waals surface area contributed by atoms with E-state index in [9.17, 15) is 9.59 Å². The van der Waals surface area contributed by atoms with Crippen LogP contribution in [0.2, 0.25) is 0 Å². The molecule has 4 unspecified atom stereocenters. The van der Waals surface area contributed by atoms with E-state index in [-0.39, 0.29) is 29.9 Å². The van der Waals surface area contributed by atoms with Crippen molar-refractivity contribution in [3.63, 3.8) is 0 Å². The first-order valence-corrected chi connectivity index (χ1v) is 10.7. The highest BCUT2D eigenvalue weighted by Crippen LogP contribution is 2.26. The largest absolute Gasteiger partial charge is 0.354 e. The average Bonchev–Trinajstić information content (AvgIpc) is 3.38. The van der Waals surface area contributed by atoms with E-state index in [0.29, 0.717) is 13.1 Å². The molecule has 0 saturated carbocycles. The van der Waals surface area contributed by atoms with Gasteiger partial charge in [-0.25, -0.2) is 4.79 Å². The number of urea groups is 1. The number of benzene rings is 1. The molecule has 0 spiro atoms. The van der Waals surface area contributed by atoms with Crippen LogP contribution in [0.4, 0.5) is 10.5 Å². The van der Waals surface area contributed by atoms with Crippen molar-refractivity contribution in [3.8, 4) is 0 Å². The van der Waals surface area contributed by atoms with Crippen LogP contribution in [0.3, 0.4) is 0 Å². The van der Waals surface area contributed by atoms with Crippen LogP contribution in [0.1, 0.15) is 24.8 Å². The van der Waals surface area contributed by atoms with Gasteiger partial charge in [-0.3, -0.25) is 9.69 Å². The molecule has 4 atom stereocenters. The highest BCUT2D eigenvalue weighted by molar-refractivity contribution is 7.08. The number of nitrogens with one attached hydrogen (secondary N) is 2. The summed E-state index contributed by atoms with van der Waals surface area (Å²) in [5.41, 5.74) is 1.86. The van der Waals surface area contributed by atoms with Gasteiger partial charge in [-0.1, -0.05) is 18.2 Å². The molecule has 0 radical (unpaired) electrons. The van der Waals surface area contributed by atoms with Crippen molar-refractivity contribution in [2.45, 2.75) is 31.3 Å². The fourth-order valence-corrected chi connectivity index (χ4v) is 4.80. The molecule has 0 aliphatic carbocycles. The Balaban J connectivity index is 1.35. The van der Waals surface area contributed by atoms with Crippen molar-refractivity contribution in [3.05, 3.63) is 52.7 Å². The molecular weight excluding hydrogens is 372 g/mol. The number of hydrogen-bond acceptors (Lipinski definition) is 4. The Morgan fingerprint density at radius 3 is 2.79 bits per heavy atom. The summed E-state index contributed by atoms with van der Waals surface area (Å²) in [4.78, 5) is 29.7. The summed E-state index contributed by atoms with van der Waals surface area (Å²) in [5, 5.41) is 10.1. The molecule has 148 valence electrons. The number of anilines is 1. The zero-order valence-electron chi connectivity index (χ0n) is 16.0. The van der Waals surface area contributed by atoms with Crippen molar-refractivity contribution in [1.82, 2.24) is 15.1 Å². The van der Waals surface area contributed by atoms with Gasteiger partial charge in [0.1, 0.15) is 0 Å². The summed E-state index contributed by atoms with van der Waals surface area (Å²) < 4.78 is 0. The Hall–Kier alpha value is -2.38. The van der Waals surface area contributed by atoms with Crippen molar-refractivity contribution < 1.29 is 9.59 Å². The fraction of sp³-hybridized carbons (Fsp3) is 0.429. The van der Waals surface area contributed by atoms with E-state index < -0.39 is 0 Å². The number of hydrogen-bond donors (Lipinski definition) is 2. The minimum atomic E-state index is -0.154. The Morgan fingerprint density at radius 1 is 1.21 bits per heavy atom. The number of rotatable bonds is 5. The quantitative estimate of drug-likeness (QED) is 0.814. The Kier molecular flexibility index (Phi) is 5.64. The Bertz CT molecular complexity index is 811. The van der Waals surface area contributed by atoms with Gasteiger partial charge in [-0.05, 0) is 47.9 Å². The highest BCUT2D eigenvalue weighted by atomic mass is 32.1. The van der Waals surface area contributed by atoms with Gasteiger partial charge in [0.15, 0.2) is 0 Å². The normalized spacial score (nSPS) is 24.6. The fourth-order valence-electron chi connectivity index (χ4n) is 4.05. The molecule has 4 rings (SSSR count). The van der Waals surface area contributed by atoms with Gasteiger partial charge in [0.2, 0.25) is 5.91 Å². The molecule has 2 aliphatic heterocycles. The smallest absolute Gasteiger partial charge is 0.322 e. The summed E-state index contributed by atoms with van der Waals surface area (Å²) in [6.07, 6.45) is 0.984. The molecule has 2 saturated heterocycles. The number of amides is 3. The lowest BCUT2D eigenvalue weighted by molar-refractivity contribution is -0.122. The summed E-state index contributed by atoms with van der Waals surface area (Å²) in [5.74, 6) is -0.112. The van der Waals surface area contributed by atoms with Crippen LogP contribution in [0.5, 0.6) is 0 Å². The summed E-state index contributed by atoms with van der Waals surface area (Å²) in [7, 11) is 0. The number of piperazine rings is 1. The number of para-hydroxylation sites is 1. The van der Waals surface area contributed by atoms with Crippen molar-refractivity contribution >= 4 is 29.0 Å². The predicted molar refractivity (Wildman–Crippen MR) is 112 cm³/mol. The van der Waals surface area contributed by atoms with Crippen LogP contribution >= 0.6 is 11.3 Å². The van der Waals surface area contributed by atoms with Crippen LogP contribution in [0, 0.1) is 0 Å². The maximum absolute atomic E-state index is 12.8. The number of fused-ring (bicyclic) bond motifs is 2. The minimum absolute atomic E-state index is 0.0417. The SMILES string of the molecule is CC(C(=O)NCC1CN(C(=O)Nc2ccccc2)C2CCN1C2)c1ccsc1. The lowest BCUT2D eigenvalue weighted by atomic mass is 10.0. The van der Waals surface area contributed by atoms with E-state index in [0.717, 1.165) is 30.8 Å². The van der Waals surface area contributed by atoms with E-state index in [1.165, 1.54) is 0 Å². The van der Waals surface area contributed by atoms with Gasteiger partial charge < -0.3 is 15.5 Å². The lowest BCUT2D eigenvalue weighted by Crippen LogP contribution is -2.58. The molecular formula is C21H26N4O2S. The molecule has 6 nitrogen and oxygen atoms in total. The van der Waals surface area contributed by atoms with Gasteiger partial charge in [0, 0.05) is 44.0 Å². The lowest BCUT2D eigenvalue weighted by Gasteiger charge is -2.40. The molecule has 2 N–H and O–H groups in total. The zero-order chi connectivity index (χ0) is 19.5. The summed E-state index contributed by atoms with van der Waals surface area (Å²) in [6, 6.07) is 11.9. The van der Waals surface area contributed by atoms with Crippen molar-refractivity contribution in [2.75, 3.05) is 31.5 Å². The molecule has 2 aliphatic rings. The third-order valence-electron chi connectivity index (χ3n) is 5.79. The topological polar surface area (TPSA) is 64.7 Å². The van der Waals surface area contributed by atoms with Crippen LogP contribution in [-0.2, 0) is 4.79 Å².